The van der Waals surface area contributed by atoms with Crippen LogP contribution in [0.3, 0.4) is 0 Å². The van der Waals surface area contributed by atoms with Gasteiger partial charge >= 0.3 is 6.18 Å². The van der Waals surface area contributed by atoms with Gasteiger partial charge in [-0.05, 0) is 42.7 Å². The number of sulfonamides is 1. The number of pyridine rings is 1. The number of anilines is 1. The summed E-state index contributed by atoms with van der Waals surface area (Å²) in [6.07, 6.45) is -1.44. The second-order valence-electron chi connectivity index (χ2n) is 7.66. The van der Waals surface area contributed by atoms with E-state index in [0.29, 0.717) is 24.0 Å². The summed E-state index contributed by atoms with van der Waals surface area (Å²) >= 11 is 0. The maximum atomic E-state index is 14.3. The number of nitrogens with one attached hydrogen (secondary N) is 2. The van der Waals surface area contributed by atoms with Crippen LogP contribution in [0.15, 0.2) is 48.7 Å². The van der Waals surface area contributed by atoms with Gasteiger partial charge in [0.25, 0.3) is 0 Å². The average molecular weight is 488 g/mol. The molecule has 2 unspecified atom stereocenters. The molecule has 0 fully saturated rings. The number of halogens is 4. The first-order valence-electron chi connectivity index (χ1n) is 10.0. The minimum Gasteiger partial charge on any atom is -0.345 e. The van der Waals surface area contributed by atoms with Gasteiger partial charge in [0.1, 0.15) is 11.5 Å². The number of hydrogen-bond donors (Lipinski definition) is 2. The lowest BCUT2D eigenvalue weighted by molar-refractivity contribution is -0.141. The van der Waals surface area contributed by atoms with Crippen molar-refractivity contribution in [1.29, 1.82) is 0 Å². The van der Waals surface area contributed by atoms with Crippen molar-refractivity contribution >= 4 is 21.6 Å². The number of alkyl halides is 3. The van der Waals surface area contributed by atoms with Gasteiger partial charge < -0.3 is 5.32 Å². The van der Waals surface area contributed by atoms with Crippen LogP contribution >= 0.6 is 0 Å². The lowest BCUT2D eigenvalue weighted by Gasteiger charge is -2.24. The van der Waals surface area contributed by atoms with Crippen LogP contribution in [0.5, 0.6) is 0 Å². The third-order valence-electron chi connectivity index (χ3n) is 4.86. The molecule has 0 aliphatic rings. The van der Waals surface area contributed by atoms with Gasteiger partial charge in [0.2, 0.25) is 15.9 Å². The zero-order valence-electron chi connectivity index (χ0n) is 18.3. The van der Waals surface area contributed by atoms with Crippen molar-refractivity contribution < 1.29 is 30.8 Å². The summed E-state index contributed by atoms with van der Waals surface area (Å²) in [5, 5.41) is 2.75. The molecule has 11 heteroatoms. The van der Waals surface area contributed by atoms with Crippen molar-refractivity contribution in [2.24, 2.45) is 0 Å². The Balaban J connectivity index is 2.26. The normalized spacial score (nSPS) is 13.8. The molecule has 0 saturated carbocycles. The monoisotopic (exact) mass is 487 g/mol. The SMILES string of the molecule is C=C(CCC)C(NC(=O)C(C)c1ccc(NS(C)(=O)=O)c(F)c1)c1ccc(C(F)(F)F)nc1. The second kappa shape index (κ2) is 10.3. The van der Waals surface area contributed by atoms with Crippen molar-refractivity contribution in [2.75, 3.05) is 11.0 Å². The van der Waals surface area contributed by atoms with Gasteiger partial charge in [-0.2, -0.15) is 13.2 Å². The van der Waals surface area contributed by atoms with Gasteiger partial charge in [-0.1, -0.05) is 37.6 Å². The van der Waals surface area contributed by atoms with Crippen LogP contribution in [0, 0.1) is 5.82 Å². The largest absolute Gasteiger partial charge is 0.433 e. The van der Waals surface area contributed by atoms with Crippen LogP contribution in [0.4, 0.5) is 23.2 Å². The quantitative estimate of drug-likeness (QED) is 0.388. The highest BCUT2D eigenvalue weighted by atomic mass is 32.2. The first-order valence-corrected chi connectivity index (χ1v) is 11.9. The fourth-order valence-electron chi connectivity index (χ4n) is 3.13. The first-order chi connectivity index (χ1) is 15.2. The summed E-state index contributed by atoms with van der Waals surface area (Å²) in [6, 6.07) is 4.95. The van der Waals surface area contributed by atoms with Gasteiger partial charge in [0.05, 0.1) is 23.9 Å². The van der Waals surface area contributed by atoms with E-state index >= 15 is 0 Å². The topological polar surface area (TPSA) is 88.2 Å². The number of hydrogen-bond acceptors (Lipinski definition) is 4. The van der Waals surface area contributed by atoms with Gasteiger partial charge in [-0.25, -0.2) is 12.8 Å². The van der Waals surface area contributed by atoms with Crippen LogP contribution in [0.2, 0.25) is 0 Å². The Morgan fingerprint density at radius 2 is 1.82 bits per heavy atom. The molecule has 2 atom stereocenters. The minimum atomic E-state index is -4.59. The number of rotatable bonds is 9. The molecular formula is C22H25F4N3O3S. The van der Waals surface area contributed by atoms with E-state index in [9.17, 15) is 30.8 Å². The van der Waals surface area contributed by atoms with Crippen LogP contribution < -0.4 is 10.0 Å². The maximum Gasteiger partial charge on any atom is 0.433 e. The lowest BCUT2D eigenvalue weighted by atomic mass is 9.95. The van der Waals surface area contributed by atoms with Crippen LogP contribution in [-0.4, -0.2) is 25.6 Å². The third-order valence-corrected chi connectivity index (χ3v) is 5.45. The highest BCUT2D eigenvalue weighted by Crippen LogP contribution is 2.30. The molecular weight excluding hydrogens is 462 g/mol. The number of carbonyl (C=O) groups is 1. The van der Waals surface area contributed by atoms with Gasteiger partial charge in [0, 0.05) is 6.20 Å². The zero-order chi connectivity index (χ0) is 25.0. The van der Waals surface area contributed by atoms with Crippen molar-refractivity contribution in [2.45, 2.75) is 44.8 Å². The predicted molar refractivity (Wildman–Crippen MR) is 117 cm³/mol. The maximum absolute atomic E-state index is 14.3. The van der Waals surface area contributed by atoms with E-state index < -0.39 is 45.6 Å². The van der Waals surface area contributed by atoms with E-state index in [2.05, 4.69) is 16.9 Å². The zero-order valence-corrected chi connectivity index (χ0v) is 19.1. The number of nitrogens with zero attached hydrogens (tertiary/aromatic N) is 1. The molecule has 2 rings (SSSR count). The van der Waals surface area contributed by atoms with E-state index in [1.165, 1.54) is 25.1 Å². The highest BCUT2D eigenvalue weighted by molar-refractivity contribution is 7.92. The molecule has 1 heterocycles. The Morgan fingerprint density at radius 3 is 2.30 bits per heavy atom. The molecule has 0 radical (unpaired) electrons. The van der Waals surface area contributed by atoms with Crippen molar-refractivity contribution in [3.05, 3.63) is 71.3 Å². The summed E-state index contributed by atoms with van der Waals surface area (Å²) in [4.78, 5) is 16.4. The molecule has 0 bridgehead atoms. The summed E-state index contributed by atoms with van der Waals surface area (Å²) < 4.78 is 77.5. The second-order valence-corrected chi connectivity index (χ2v) is 9.41. The molecule has 6 nitrogen and oxygen atoms in total. The molecule has 0 aliphatic carbocycles. The summed E-state index contributed by atoms with van der Waals surface area (Å²) in [6.45, 7) is 7.37. The Kier molecular flexibility index (Phi) is 8.23. The Hall–Kier alpha value is -2.95. The standard InChI is InChI=1S/C22H25F4N3O3S/c1-5-6-13(2)20(16-8-10-19(27-12-16)22(24,25)26)28-21(30)14(3)15-7-9-18(17(23)11-15)29-33(4,31)32/h7-12,14,20,29H,2,5-6H2,1,3-4H3,(H,28,30). The van der Waals surface area contributed by atoms with E-state index in [4.69, 9.17) is 0 Å². The molecule has 2 N–H and O–H groups in total. The Labute approximate surface area is 190 Å². The van der Waals surface area contributed by atoms with Gasteiger partial charge in [-0.15, -0.1) is 0 Å². The fraction of sp³-hybridized carbons (Fsp3) is 0.364. The third kappa shape index (κ3) is 7.28. The van der Waals surface area contributed by atoms with Crippen molar-refractivity contribution in [3.63, 3.8) is 0 Å². The molecule has 0 aliphatic heterocycles. The highest BCUT2D eigenvalue weighted by Gasteiger charge is 2.32. The van der Waals surface area contributed by atoms with Crippen LogP contribution in [0.1, 0.15) is 55.5 Å². The molecule has 1 aromatic heterocycles. The Bertz CT molecular complexity index is 1120. The molecule has 0 spiro atoms. The predicted octanol–water partition coefficient (Wildman–Crippen LogP) is 4.93. The van der Waals surface area contributed by atoms with Crippen LogP contribution in [0.25, 0.3) is 0 Å². The molecule has 0 saturated heterocycles. The number of amides is 1. The molecule has 180 valence electrons. The molecule has 1 amide bonds. The summed E-state index contributed by atoms with van der Waals surface area (Å²) in [5.41, 5.74) is -0.100. The smallest absolute Gasteiger partial charge is 0.345 e. The fourth-order valence-corrected chi connectivity index (χ4v) is 3.70. The first kappa shape index (κ1) is 26.3. The molecule has 33 heavy (non-hydrogen) atoms. The van der Waals surface area contributed by atoms with Crippen LogP contribution in [-0.2, 0) is 21.0 Å². The molecule has 1 aromatic carbocycles. The number of carbonyl (C=O) groups excluding carboxylic acids is 1. The average Bonchev–Trinajstić information content (AvgIpc) is 2.71. The van der Waals surface area contributed by atoms with E-state index in [0.717, 1.165) is 24.6 Å². The number of benzene rings is 1. The minimum absolute atomic E-state index is 0.251. The van der Waals surface area contributed by atoms with Gasteiger partial charge in [-0.3, -0.25) is 14.5 Å². The number of aromatic nitrogens is 1. The van der Waals surface area contributed by atoms with Gasteiger partial charge in [0.15, 0.2) is 0 Å². The van der Waals surface area contributed by atoms with Crippen molar-refractivity contribution in [1.82, 2.24) is 10.3 Å². The van der Waals surface area contributed by atoms with Crippen molar-refractivity contribution in [3.8, 4) is 0 Å². The van der Waals surface area contributed by atoms with E-state index in [1.807, 2.05) is 11.6 Å². The summed E-state index contributed by atoms with van der Waals surface area (Å²) in [5.74, 6) is -2.21. The lowest BCUT2D eigenvalue weighted by Crippen LogP contribution is -2.33. The van der Waals surface area contributed by atoms with E-state index in [1.54, 1.807) is 0 Å². The van der Waals surface area contributed by atoms with E-state index in [-0.39, 0.29) is 11.3 Å². The molecule has 2 aromatic rings. The Morgan fingerprint density at radius 1 is 1.18 bits per heavy atom. The summed E-state index contributed by atoms with van der Waals surface area (Å²) in [7, 11) is -3.68.